The van der Waals surface area contributed by atoms with Crippen LogP contribution in [0.4, 0.5) is 0 Å². The molecular formula is C30H43N5O5. The number of carboxylic acid groups (broad SMARTS) is 1. The SMILES string of the molecule is CCCCN(CCCCN(C)C)C(=O)CN1CC(c2ccc3c(c2)OCO3)C(C(=O)O)C1CCc1ncccn1. The number of amides is 1. The van der Waals surface area contributed by atoms with Crippen LogP contribution in [-0.4, -0.2) is 101 Å². The van der Waals surface area contributed by atoms with E-state index in [9.17, 15) is 14.7 Å². The van der Waals surface area contributed by atoms with Gasteiger partial charge < -0.3 is 24.4 Å². The zero-order chi connectivity index (χ0) is 28.5. The van der Waals surface area contributed by atoms with Crippen molar-refractivity contribution in [3.05, 3.63) is 48.0 Å². The van der Waals surface area contributed by atoms with Gasteiger partial charge in [-0.3, -0.25) is 14.5 Å². The first kappa shape index (κ1) is 29.7. The summed E-state index contributed by atoms with van der Waals surface area (Å²) >= 11 is 0. The van der Waals surface area contributed by atoms with Gasteiger partial charge in [0.25, 0.3) is 0 Å². The summed E-state index contributed by atoms with van der Waals surface area (Å²) in [5.74, 6) is 0.215. The second kappa shape index (κ2) is 14.4. The number of aromatic nitrogens is 2. The molecule has 1 amide bonds. The van der Waals surface area contributed by atoms with Crippen LogP contribution in [0.5, 0.6) is 11.5 Å². The van der Waals surface area contributed by atoms with Crippen LogP contribution < -0.4 is 9.47 Å². The number of likely N-dealkylation sites (tertiary alicyclic amines) is 1. The van der Waals surface area contributed by atoms with Crippen molar-refractivity contribution in [3.8, 4) is 11.5 Å². The maximum Gasteiger partial charge on any atom is 0.308 e. The van der Waals surface area contributed by atoms with Crippen molar-refractivity contribution in [1.29, 1.82) is 0 Å². The molecule has 3 heterocycles. The van der Waals surface area contributed by atoms with Gasteiger partial charge in [-0.05, 0) is 70.1 Å². The van der Waals surface area contributed by atoms with Crippen LogP contribution in [0.1, 0.15) is 56.3 Å². The maximum absolute atomic E-state index is 13.7. The summed E-state index contributed by atoms with van der Waals surface area (Å²) in [6, 6.07) is 7.10. The van der Waals surface area contributed by atoms with Gasteiger partial charge in [-0.1, -0.05) is 19.4 Å². The summed E-state index contributed by atoms with van der Waals surface area (Å²) in [5, 5.41) is 10.5. The Labute approximate surface area is 237 Å². The summed E-state index contributed by atoms with van der Waals surface area (Å²) in [5.41, 5.74) is 0.888. The highest BCUT2D eigenvalue weighted by molar-refractivity contribution is 5.79. The van der Waals surface area contributed by atoms with Crippen LogP contribution in [0, 0.1) is 5.92 Å². The molecule has 0 bridgehead atoms. The van der Waals surface area contributed by atoms with Crippen LogP contribution in [-0.2, 0) is 16.0 Å². The molecule has 1 saturated heterocycles. The highest BCUT2D eigenvalue weighted by Crippen LogP contribution is 2.42. The molecule has 2 aliphatic heterocycles. The second-order valence-electron chi connectivity index (χ2n) is 11.0. The number of carbonyl (C=O) groups is 2. The number of hydrogen-bond acceptors (Lipinski definition) is 8. The number of aliphatic carboxylic acids is 1. The lowest BCUT2D eigenvalue weighted by atomic mass is 9.83. The Morgan fingerprint density at radius 3 is 2.50 bits per heavy atom. The number of benzene rings is 1. The third kappa shape index (κ3) is 7.69. The van der Waals surface area contributed by atoms with Crippen molar-refractivity contribution in [3.63, 3.8) is 0 Å². The van der Waals surface area contributed by atoms with Crippen LogP contribution in [0.15, 0.2) is 36.7 Å². The van der Waals surface area contributed by atoms with Gasteiger partial charge in [0.05, 0.1) is 12.5 Å². The molecule has 2 aliphatic rings. The quantitative estimate of drug-likeness (QED) is 0.333. The van der Waals surface area contributed by atoms with E-state index >= 15 is 0 Å². The largest absolute Gasteiger partial charge is 0.481 e. The lowest BCUT2D eigenvalue weighted by molar-refractivity contribution is -0.143. The zero-order valence-electron chi connectivity index (χ0n) is 24.0. The minimum atomic E-state index is -0.858. The number of carboxylic acids is 1. The average molecular weight is 554 g/mol. The monoisotopic (exact) mass is 553 g/mol. The lowest BCUT2D eigenvalue weighted by Gasteiger charge is -2.30. The van der Waals surface area contributed by atoms with Crippen molar-refractivity contribution in [2.45, 2.75) is 57.4 Å². The fourth-order valence-corrected chi connectivity index (χ4v) is 5.78. The Morgan fingerprint density at radius 1 is 1.05 bits per heavy atom. The number of unbranched alkanes of at least 4 members (excludes halogenated alkanes) is 2. The first-order chi connectivity index (χ1) is 19.4. The molecule has 1 aromatic carbocycles. The highest BCUT2D eigenvalue weighted by atomic mass is 16.7. The van der Waals surface area contributed by atoms with Gasteiger partial charge in [-0.2, -0.15) is 0 Å². The molecule has 10 nitrogen and oxygen atoms in total. The lowest BCUT2D eigenvalue weighted by Crippen LogP contribution is -2.45. The molecule has 0 spiro atoms. The number of ether oxygens (including phenoxy) is 2. The van der Waals surface area contributed by atoms with Crippen molar-refractivity contribution in [2.24, 2.45) is 5.92 Å². The third-order valence-corrected chi connectivity index (χ3v) is 7.90. The van der Waals surface area contributed by atoms with E-state index in [1.54, 1.807) is 18.5 Å². The summed E-state index contributed by atoms with van der Waals surface area (Å²) in [6.45, 7) is 5.40. The Morgan fingerprint density at radius 2 is 1.77 bits per heavy atom. The third-order valence-electron chi connectivity index (χ3n) is 7.90. The molecule has 40 heavy (non-hydrogen) atoms. The van der Waals surface area contributed by atoms with Gasteiger partial charge in [0.1, 0.15) is 5.82 Å². The van der Waals surface area contributed by atoms with Gasteiger partial charge in [-0.15, -0.1) is 0 Å². The first-order valence-corrected chi connectivity index (χ1v) is 14.4. The Balaban J connectivity index is 1.54. The molecule has 1 fully saturated rings. The van der Waals surface area contributed by atoms with E-state index in [0.717, 1.165) is 50.9 Å². The van der Waals surface area contributed by atoms with Crippen LogP contribution in [0.25, 0.3) is 0 Å². The number of fused-ring (bicyclic) bond motifs is 1. The van der Waals surface area contributed by atoms with Crippen LogP contribution in [0.2, 0.25) is 0 Å². The molecule has 0 aliphatic carbocycles. The van der Waals surface area contributed by atoms with E-state index in [4.69, 9.17) is 9.47 Å². The van der Waals surface area contributed by atoms with Gasteiger partial charge in [0.15, 0.2) is 11.5 Å². The minimum absolute atomic E-state index is 0.0646. The number of rotatable bonds is 15. The molecular weight excluding hydrogens is 510 g/mol. The Bertz CT molecular complexity index is 1110. The number of carbonyl (C=O) groups excluding carboxylic acids is 1. The predicted molar refractivity (Wildman–Crippen MR) is 151 cm³/mol. The molecule has 2 aromatic rings. The fraction of sp³-hybridized carbons (Fsp3) is 0.600. The molecule has 0 radical (unpaired) electrons. The summed E-state index contributed by atoms with van der Waals surface area (Å²) in [7, 11) is 4.12. The molecule has 3 unspecified atom stereocenters. The standard InChI is InChI=1S/C30H43N5O5/c1-4-5-16-34(17-7-6-15-33(2)3)28(36)20-35-19-23(22-9-11-25-26(18-22)40-21-39-25)29(30(37)38)24(35)10-12-27-31-13-8-14-32-27/h8-9,11,13-14,18,23-24,29H,4-7,10,12,15-17,19-21H2,1-3H3,(H,37,38). The van der Waals surface area contributed by atoms with Crippen molar-refractivity contribution >= 4 is 11.9 Å². The minimum Gasteiger partial charge on any atom is -0.481 e. The average Bonchev–Trinajstić information content (AvgIpc) is 3.56. The van der Waals surface area contributed by atoms with Gasteiger partial charge in [0, 0.05) is 50.4 Å². The highest BCUT2D eigenvalue weighted by Gasteiger charge is 2.47. The van der Waals surface area contributed by atoms with E-state index in [1.165, 1.54) is 0 Å². The number of hydrogen-bond donors (Lipinski definition) is 1. The topological polar surface area (TPSA) is 108 Å². The van der Waals surface area contributed by atoms with Crippen LogP contribution >= 0.6 is 0 Å². The number of nitrogens with zero attached hydrogens (tertiary/aromatic N) is 5. The predicted octanol–water partition coefficient (Wildman–Crippen LogP) is 3.28. The zero-order valence-corrected chi connectivity index (χ0v) is 24.0. The Kier molecular flexibility index (Phi) is 10.7. The van der Waals surface area contributed by atoms with E-state index in [1.807, 2.05) is 23.1 Å². The summed E-state index contributed by atoms with van der Waals surface area (Å²) in [4.78, 5) is 41.4. The molecule has 4 rings (SSSR count). The number of aryl methyl sites for hydroxylation is 1. The molecule has 1 aromatic heterocycles. The van der Waals surface area contributed by atoms with E-state index in [2.05, 4.69) is 40.8 Å². The molecule has 1 N–H and O–H groups in total. The summed E-state index contributed by atoms with van der Waals surface area (Å²) in [6.07, 6.45) is 8.42. The van der Waals surface area contributed by atoms with Crippen LogP contribution in [0.3, 0.4) is 0 Å². The van der Waals surface area contributed by atoms with E-state index < -0.39 is 11.9 Å². The van der Waals surface area contributed by atoms with Gasteiger partial charge >= 0.3 is 5.97 Å². The molecule has 0 saturated carbocycles. The summed E-state index contributed by atoms with van der Waals surface area (Å²) < 4.78 is 11.1. The van der Waals surface area contributed by atoms with Crippen molar-refractivity contribution < 1.29 is 24.2 Å². The molecule has 218 valence electrons. The first-order valence-electron chi connectivity index (χ1n) is 14.4. The van der Waals surface area contributed by atoms with Gasteiger partial charge in [-0.25, -0.2) is 9.97 Å². The Hall–Kier alpha value is -3.24. The normalized spacial score (nSPS) is 20.2. The maximum atomic E-state index is 13.7. The fourth-order valence-electron chi connectivity index (χ4n) is 5.78. The van der Waals surface area contributed by atoms with Gasteiger partial charge in [0.2, 0.25) is 12.7 Å². The van der Waals surface area contributed by atoms with E-state index in [0.29, 0.717) is 36.7 Å². The molecule has 3 atom stereocenters. The van der Waals surface area contributed by atoms with Crippen molar-refractivity contribution in [2.75, 3.05) is 53.6 Å². The second-order valence-corrected chi connectivity index (χ2v) is 11.0. The smallest absolute Gasteiger partial charge is 0.308 e. The van der Waals surface area contributed by atoms with Crippen molar-refractivity contribution in [1.82, 2.24) is 24.7 Å². The van der Waals surface area contributed by atoms with E-state index in [-0.39, 0.29) is 31.2 Å². The molecule has 10 heteroatoms.